The lowest BCUT2D eigenvalue weighted by atomic mass is 9.95. The quantitative estimate of drug-likeness (QED) is 0.205. The molecule has 1 aliphatic heterocycles. The van der Waals surface area contributed by atoms with E-state index in [9.17, 15) is 14.7 Å². The van der Waals surface area contributed by atoms with Gasteiger partial charge in [-0.2, -0.15) is 0 Å². The molecule has 1 aliphatic rings. The second-order valence-electron chi connectivity index (χ2n) is 8.92. The van der Waals surface area contributed by atoms with Crippen LogP contribution < -0.4 is 14.7 Å². The summed E-state index contributed by atoms with van der Waals surface area (Å²) in [5, 5.41) is 13.7. The topological polar surface area (TPSA) is 74.1 Å². The predicted octanol–water partition coefficient (Wildman–Crippen LogP) is 3.09. The van der Waals surface area contributed by atoms with Crippen LogP contribution in [0.5, 0.6) is 5.75 Å². The number of benzene rings is 2. The molecule has 0 aliphatic carbocycles. The average Bonchev–Trinajstić information content (AvgIpc) is 3.10. The van der Waals surface area contributed by atoms with Crippen LogP contribution in [0.3, 0.4) is 0 Å². The van der Waals surface area contributed by atoms with Gasteiger partial charge in [-0.1, -0.05) is 53.2 Å². The van der Waals surface area contributed by atoms with Crippen molar-refractivity contribution in [2.24, 2.45) is 0 Å². The molecule has 6 nitrogen and oxygen atoms in total. The van der Waals surface area contributed by atoms with Crippen molar-refractivity contribution in [3.63, 3.8) is 0 Å². The smallest absolute Gasteiger partial charge is 0.295 e. The number of nitrogens with zero attached hydrogens (tertiary/aromatic N) is 1. The van der Waals surface area contributed by atoms with Crippen LogP contribution in [0.2, 0.25) is 0 Å². The van der Waals surface area contributed by atoms with Crippen LogP contribution >= 0.6 is 15.9 Å². The Hall–Kier alpha value is -2.64. The number of unbranched alkanes of at least 4 members (excludes halogenated alkanes) is 1. The molecule has 188 valence electrons. The third-order valence-electron chi connectivity index (χ3n) is 6.59. The van der Waals surface area contributed by atoms with Gasteiger partial charge in [-0.3, -0.25) is 9.59 Å². The van der Waals surface area contributed by atoms with Gasteiger partial charge in [0.25, 0.3) is 5.91 Å². The highest BCUT2D eigenvalue weighted by atomic mass is 79.9. The molecule has 0 spiro atoms. The number of ketones is 1. The molecule has 35 heavy (non-hydrogen) atoms. The van der Waals surface area contributed by atoms with Crippen LogP contribution in [-0.2, 0) is 9.59 Å². The summed E-state index contributed by atoms with van der Waals surface area (Å²) in [6, 6.07) is 12.0. The highest BCUT2D eigenvalue weighted by molar-refractivity contribution is 9.10. The van der Waals surface area contributed by atoms with Crippen molar-refractivity contribution in [2.75, 3.05) is 32.8 Å². The maximum atomic E-state index is 13.7. The molecule has 1 heterocycles. The number of ether oxygens (including phenoxy) is 1. The van der Waals surface area contributed by atoms with Crippen LogP contribution in [0, 0.1) is 6.92 Å². The number of nitrogens with one attached hydrogen (secondary N) is 1. The molecule has 0 saturated carbocycles. The summed E-state index contributed by atoms with van der Waals surface area (Å²) in [6.45, 7) is 11.8. The lowest BCUT2D eigenvalue weighted by Crippen LogP contribution is -3.12. The maximum Gasteiger partial charge on any atom is 0.295 e. The van der Waals surface area contributed by atoms with Crippen molar-refractivity contribution in [1.29, 1.82) is 0 Å². The SMILES string of the molecule is CCCCOc1ccc(C([O-])=C2C(=O)C(=O)N(CC[NH+](CC)CC)C2c2cccc(Br)c2)cc1C. The van der Waals surface area contributed by atoms with Gasteiger partial charge in [0.05, 0.1) is 38.8 Å². The molecule has 0 aromatic heterocycles. The fraction of sp³-hybridized carbons (Fsp3) is 0.429. The minimum Gasteiger partial charge on any atom is -0.872 e. The number of Topliss-reactive ketones (excluding diaryl/α,β-unsaturated/α-hetero) is 1. The number of carbonyl (C=O) groups is 2. The molecule has 1 fully saturated rings. The summed E-state index contributed by atoms with van der Waals surface area (Å²) in [7, 11) is 0. The molecule has 1 N–H and O–H groups in total. The van der Waals surface area contributed by atoms with Gasteiger partial charge >= 0.3 is 0 Å². The van der Waals surface area contributed by atoms with Gasteiger partial charge in [0.1, 0.15) is 5.75 Å². The van der Waals surface area contributed by atoms with E-state index in [1.807, 2.05) is 31.2 Å². The second-order valence-corrected chi connectivity index (χ2v) is 9.83. The van der Waals surface area contributed by atoms with Gasteiger partial charge in [0, 0.05) is 10.0 Å². The molecule has 0 bridgehead atoms. The first kappa shape index (κ1) is 27.0. The highest BCUT2D eigenvalue weighted by Crippen LogP contribution is 2.39. The van der Waals surface area contributed by atoms with Crippen molar-refractivity contribution in [2.45, 2.75) is 46.6 Å². The molecule has 2 aromatic rings. The number of rotatable bonds is 11. The average molecular weight is 544 g/mol. The first-order chi connectivity index (χ1) is 16.8. The van der Waals surface area contributed by atoms with Crippen LogP contribution in [-0.4, -0.2) is 49.4 Å². The molecule has 1 unspecified atom stereocenters. The first-order valence-electron chi connectivity index (χ1n) is 12.4. The Bertz CT molecular complexity index is 1090. The molecule has 0 radical (unpaired) electrons. The molecule has 1 amide bonds. The number of hydrogen-bond acceptors (Lipinski definition) is 4. The molecular weight excluding hydrogens is 508 g/mol. The minimum atomic E-state index is -0.713. The number of quaternary nitrogens is 1. The maximum absolute atomic E-state index is 13.7. The zero-order valence-corrected chi connectivity index (χ0v) is 22.6. The van der Waals surface area contributed by atoms with Gasteiger partial charge in [-0.25, -0.2) is 0 Å². The summed E-state index contributed by atoms with van der Waals surface area (Å²) in [4.78, 5) is 29.2. The Morgan fingerprint density at radius 2 is 1.86 bits per heavy atom. The first-order valence-corrected chi connectivity index (χ1v) is 13.2. The van der Waals surface area contributed by atoms with E-state index >= 15 is 0 Å². The summed E-state index contributed by atoms with van der Waals surface area (Å²) < 4.78 is 6.64. The predicted molar refractivity (Wildman–Crippen MR) is 139 cm³/mol. The monoisotopic (exact) mass is 542 g/mol. The largest absolute Gasteiger partial charge is 0.872 e. The van der Waals surface area contributed by atoms with Crippen molar-refractivity contribution in [1.82, 2.24) is 4.90 Å². The Labute approximate surface area is 216 Å². The van der Waals surface area contributed by atoms with Gasteiger partial charge < -0.3 is 19.6 Å². The van der Waals surface area contributed by atoms with E-state index in [2.05, 4.69) is 36.7 Å². The summed E-state index contributed by atoms with van der Waals surface area (Å²) in [6.07, 6.45) is 1.99. The van der Waals surface area contributed by atoms with Crippen molar-refractivity contribution in [3.8, 4) is 5.75 Å². The number of likely N-dealkylation sites (N-methyl/N-ethyl adjacent to an activating group) is 1. The molecule has 2 aromatic carbocycles. The van der Waals surface area contributed by atoms with Crippen LogP contribution in [0.1, 0.15) is 56.3 Å². The number of hydrogen-bond donors (Lipinski definition) is 1. The zero-order valence-electron chi connectivity index (χ0n) is 21.0. The Morgan fingerprint density at radius 1 is 1.11 bits per heavy atom. The van der Waals surface area contributed by atoms with Gasteiger partial charge in [-0.05, 0) is 68.1 Å². The third kappa shape index (κ3) is 6.14. The van der Waals surface area contributed by atoms with E-state index < -0.39 is 23.5 Å². The van der Waals surface area contributed by atoms with E-state index in [1.165, 1.54) is 4.90 Å². The minimum absolute atomic E-state index is 0.0155. The van der Waals surface area contributed by atoms with Gasteiger partial charge in [0.2, 0.25) is 5.78 Å². The lowest BCUT2D eigenvalue weighted by Gasteiger charge is -2.28. The third-order valence-corrected chi connectivity index (χ3v) is 7.09. The molecule has 3 rings (SSSR count). The van der Waals surface area contributed by atoms with Crippen molar-refractivity contribution < 1.29 is 24.3 Å². The lowest BCUT2D eigenvalue weighted by molar-refractivity contribution is -0.895. The normalized spacial score (nSPS) is 17.4. The van der Waals surface area contributed by atoms with E-state index in [4.69, 9.17) is 4.74 Å². The molecular formula is C28H35BrN2O4. The second kappa shape index (κ2) is 12.4. The van der Waals surface area contributed by atoms with Gasteiger partial charge in [0.15, 0.2) is 0 Å². The molecule has 1 saturated heterocycles. The Morgan fingerprint density at radius 3 is 2.49 bits per heavy atom. The summed E-state index contributed by atoms with van der Waals surface area (Å²) in [5.74, 6) is -1.01. The van der Waals surface area contributed by atoms with Crippen LogP contribution in [0.4, 0.5) is 0 Å². The van der Waals surface area contributed by atoms with Crippen molar-refractivity contribution >= 4 is 33.4 Å². The number of carbonyl (C=O) groups excluding carboxylic acids is 2. The summed E-state index contributed by atoms with van der Waals surface area (Å²) >= 11 is 3.49. The number of amides is 1. The molecule has 7 heteroatoms. The highest BCUT2D eigenvalue weighted by Gasteiger charge is 2.44. The van der Waals surface area contributed by atoms with Gasteiger partial charge in [-0.15, -0.1) is 0 Å². The van der Waals surface area contributed by atoms with E-state index in [-0.39, 0.29) is 5.57 Å². The zero-order chi connectivity index (χ0) is 25.5. The number of likely N-dealkylation sites (tertiary alicyclic amines) is 1. The fourth-order valence-electron chi connectivity index (χ4n) is 4.44. The van der Waals surface area contributed by atoms with E-state index in [0.29, 0.717) is 25.3 Å². The standard InChI is InChI=1S/C28H35BrN2O4/c1-5-8-16-35-23-13-12-21(17-19(23)4)26(32)24-25(20-10-9-11-22(29)18-20)31(28(34)27(24)33)15-14-30(6-2)7-3/h9-13,17-18,25,32H,5-8,14-16H2,1-4H3. The number of aryl methyl sites for hydroxylation is 1. The Balaban J connectivity index is 2.04. The van der Waals surface area contributed by atoms with E-state index in [0.717, 1.165) is 47.3 Å². The van der Waals surface area contributed by atoms with E-state index in [1.54, 1.807) is 23.1 Å². The van der Waals surface area contributed by atoms with Crippen LogP contribution in [0.15, 0.2) is 52.5 Å². The fourth-order valence-corrected chi connectivity index (χ4v) is 4.86. The Kier molecular flexibility index (Phi) is 9.52. The number of halogens is 1. The van der Waals surface area contributed by atoms with Crippen molar-refractivity contribution in [3.05, 3.63) is 69.2 Å². The van der Waals surface area contributed by atoms with Crippen LogP contribution in [0.25, 0.3) is 5.76 Å². The molecule has 1 atom stereocenters. The summed E-state index contributed by atoms with van der Waals surface area (Å²) in [5.41, 5.74) is 1.97.